The zero-order valence-electron chi connectivity index (χ0n) is 13.6. The Morgan fingerprint density at radius 1 is 1.22 bits per heavy atom. The molecule has 23 heavy (non-hydrogen) atoms. The second kappa shape index (κ2) is 10.2. The maximum Gasteiger partial charge on any atom is 0.347 e. The second-order valence-electron chi connectivity index (χ2n) is 5.14. The number of esters is 1. The van der Waals surface area contributed by atoms with Gasteiger partial charge in [0.25, 0.3) is 5.91 Å². The highest BCUT2D eigenvalue weighted by molar-refractivity contribution is 5.81. The summed E-state index contributed by atoms with van der Waals surface area (Å²) in [6.45, 7) is 3.81. The van der Waals surface area contributed by atoms with E-state index < -0.39 is 5.97 Å². The second-order valence-corrected chi connectivity index (χ2v) is 5.14. The molecule has 0 aliphatic rings. The first-order chi connectivity index (χ1) is 11.0. The van der Waals surface area contributed by atoms with Gasteiger partial charge in [0, 0.05) is 6.54 Å². The standard InChI is InChI=1S/C16H22N2O5/c1-12(2)8-17-15(19)10-22-16(20)11-23-18-9-13-4-6-14(21-3)7-5-13/h4-7,9,12H,8,10-11H2,1-3H3,(H,17,19)/b18-9-. The van der Waals surface area contributed by atoms with E-state index in [2.05, 4.69) is 10.5 Å². The fourth-order valence-corrected chi connectivity index (χ4v) is 1.43. The molecule has 126 valence electrons. The lowest BCUT2D eigenvalue weighted by Crippen LogP contribution is -2.32. The van der Waals surface area contributed by atoms with Crippen LogP contribution in [0.2, 0.25) is 0 Å². The van der Waals surface area contributed by atoms with E-state index in [9.17, 15) is 9.59 Å². The normalized spacial score (nSPS) is 10.6. The van der Waals surface area contributed by atoms with Crippen LogP contribution >= 0.6 is 0 Å². The lowest BCUT2D eigenvalue weighted by molar-refractivity contribution is -0.152. The maximum atomic E-state index is 11.4. The Hall–Kier alpha value is -2.57. The van der Waals surface area contributed by atoms with Crippen LogP contribution < -0.4 is 10.1 Å². The minimum Gasteiger partial charge on any atom is -0.497 e. The molecule has 1 N–H and O–H groups in total. The minimum atomic E-state index is -0.656. The Morgan fingerprint density at radius 2 is 1.91 bits per heavy atom. The van der Waals surface area contributed by atoms with Crippen molar-refractivity contribution in [3.8, 4) is 5.75 Å². The van der Waals surface area contributed by atoms with E-state index in [1.54, 1.807) is 31.4 Å². The van der Waals surface area contributed by atoms with Gasteiger partial charge in [0.1, 0.15) is 5.75 Å². The van der Waals surface area contributed by atoms with Crippen LogP contribution in [-0.4, -0.2) is 45.0 Å². The van der Waals surface area contributed by atoms with Gasteiger partial charge in [-0.15, -0.1) is 0 Å². The summed E-state index contributed by atoms with van der Waals surface area (Å²) in [5, 5.41) is 6.30. The molecular formula is C16H22N2O5. The van der Waals surface area contributed by atoms with E-state index in [4.69, 9.17) is 14.3 Å². The van der Waals surface area contributed by atoms with E-state index in [0.29, 0.717) is 12.5 Å². The number of nitrogens with one attached hydrogen (secondary N) is 1. The highest BCUT2D eigenvalue weighted by Gasteiger charge is 2.08. The van der Waals surface area contributed by atoms with Crippen LogP contribution in [0, 0.1) is 5.92 Å². The number of ether oxygens (including phenoxy) is 2. The van der Waals surface area contributed by atoms with Crippen molar-refractivity contribution < 1.29 is 23.9 Å². The molecule has 1 aromatic rings. The average molecular weight is 322 g/mol. The molecule has 0 atom stereocenters. The van der Waals surface area contributed by atoms with Crippen molar-refractivity contribution in [1.29, 1.82) is 0 Å². The lowest BCUT2D eigenvalue weighted by Gasteiger charge is -2.07. The molecule has 0 radical (unpaired) electrons. The van der Waals surface area contributed by atoms with Gasteiger partial charge in [-0.2, -0.15) is 0 Å². The van der Waals surface area contributed by atoms with Gasteiger partial charge in [0.2, 0.25) is 6.61 Å². The first kappa shape index (κ1) is 18.5. The molecule has 0 saturated heterocycles. The largest absolute Gasteiger partial charge is 0.497 e. The van der Waals surface area contributed by atoms with Gasteiger partial charge in [-0.3, -0.25) is 4.79 Å². The number of carbonyl (C=O) groups excluding carboxylic acids is 2. The smallest absolute Gasteiger partial charge is 0.347 e. The number of hydrogen-bond acceptors (Lipinski definition) is 6. The summed E-state index contributed by atoms with van der Waals surface area (Å²) in [6.07, 6.45) is 1.46. The van der Waals surface area contributed by atoms with Crippen LogP contribution in [0.4, 0.5) is 0 Å². The average Bonchev–Trinajstić information content (AvgIpc) is 2.55. The van der Waals surface area contributed by atoms with Crippen molar-refractivity contribution in [3.05, 3.63) is 29.8 Å². The topological polar surface area (TPSA) is 86.2 Å². The molecule has 7 heteroatoms. The number of oxime groups is 1. The van der Waals surface area contributed by atoms with E-state index in [0.717, 1.165) is 11.3 Å². The Balaban J connectivity index is 2.20. The van der Waals surface area contributed by atoms with Gasteiger partial charge in [-0.05, 0) is 35.7 Å². The monoisotopic (exact) mass is 322 g/mol. The van der Waals surface area contributed by atoms with Crippen LogP contribution in [0.5, 0.6) is 5.75 Å². The van der Waals surface area contributed by atoms with Gasteiger partial charge in [0.05, 0.1) is 13.3 Å². The number of methoxy groups -OCH3 is 1. The molecule has 0 fully saturated rings. The zero-order valence-corrected chi connectivity index (χ0v) is 13.6. The predicted octanol–water partition coefficient (Wildman–Crippen LogP) is 1.36. The maximum absolute atomic E-state index is 11.4. The third-order valence-corrected chi connectivity index (χ3v) is 2.65. The Kier molecular flexibility index (Phi) is 8.20. The van der Waals surface area contributed by atoms with Gasteiger partial charge in [-0.1, -0.05) is 19.0 Å². The summed E-state index contributed by atoms with van der Waals surface area (Å²) in [7, 11) is 1.58. The summed E-state index contributed by atoms with van der Waals surface area (Å²) >= 11 is 0. The van der Waals surface area contributed by atoms with Crippen molar-refractivity contribution >= 4 is 18.1 Å². The Labute approximate surface area is 135 Å². The molecule has 7 nitrogen and oxygen atoms in total. The van der Waals surface area contributed by atoms with Gasteiger partial charge < -0.3 is 19.6 Å². The summed E-state index contributed by atoms with van der Waals surface area (Å²) in [6, 6.07) is 7.16. The number of benzene rings is 1. The van der Waals surface area contributed by atoms with Crippen LogP contribution in [0.15, 0.2) is 29.4 Å². The first-order valence-corrected chi connectivity index (χ1v) is 7.23. The van der Waals surface area contributed by atoms with Crippen LogP contribution in [0.1, 0.15) is 19.4 Å². The number of hydrogen-bond donors (Lipinski definition) is 1. The van der Waals surface area contributed by atoms with Crippen LogP contribution in [-0.2, 0) is 19.2 Å². The molecule has 0 aliphatic carbocycles. The van der Waals surface area contributed by atoms with Crippen molar-refractivity contribution in [2.24, 2.45) is 11.1 Å². The van der Waals surface area contributed by atoms with Crippen molar-refractivity contribution in [2.45, 2.75) is 13.8 Å². The van der Waals surface area contributed by atoms with Crippen molar-refractivity contribution in [2.75, 3.05) is 26.9 Å². The molecule has 1 rings (SSSR count). The number of amides is 1. The third kappa shape index (κ3) is 8.45. The van der Waals surface area contributed by atoms with Crippen LogP contribution in [0.25, 0.3) is 0 Å². The van der Waals surface area contributed by atoms with Gasteiger partial charge in [0.15, 0.2) is 6.61 Å². The molecule has 0 heterocycles. The molecule has 0 aliphatic heterocycles. The lowest BCUT2D eigenvalue weighted by atomic mass is 10.2. The van der Waals surface area contributed by atoms with E-state index in [1.807, 2.05) is 13.8 Å². The quantitative estimate of drug-likeness (QED) is 0.421. The Bertz CT molecular complexity index is 526. The Morgan fingerprint density at radius 3 is 2.52 bits per heavy atom. The summed E-state index contributed by atoms with van der Waals surface area (Å²) in [5.41, 5.74) is 0.798. The SMILES string of the molecule is COc1ccc(/C=N\OCC(=O)OCC(=O)NCC(C)C)cc1. The van der Waals surface area contributed by atoms with Crippen LogP contribution in [0.3, 0.4) is 0 Å². The van der Waals surface area contributed by atoms with Gasteiger partial charge in [-0.25, -0.2) is 4.79 Å². The molecule has 1 amide bonds. The van der Waals surface area contributed by atoms with Crippen molar-refractivity contribution in [3.63, 3.8) is 0 Å². The molecular weight excluding hydrogens is 300 g/mol. The highest BCUT2D eigenvalue weighted by atomic mass is 16.7. The third-order valence-electron chi connectivity index (χ3n) is 2.65. The zero-order chi connectivity index (χ0) is 17.1. The highest BCUT2D eigenvalue weighted by Crippen LogP contribution is 2.09. The molecule has 0 bridgehead atoms. The summed E-state index contributed by atoms with van der Waals surface area (Å²) in [5.74, 6) is 0.0815. The van der Waals surface area contributed by atoms with E-state index in [-0.39, 0.29) is 19.1 Å². The molecule has 0 saturated carbocycles. The number of carbonyl (C=O) groups is 2. The number of rotatable bonds is 9. The number of nitrogens with zero attached hydrogens (tertiary/aromatic N) is 1. The fraction of sp³-hybridized carbons (Fsp3) is 0.438. The molecule has 0 spiro atoms. The minimum absolute atomic E-state index is 0.322. The molecule has 0 aromatic heterocycles. The fourth-order valence-electron chi connectivity index (χ4n) is 1.43. The van der Waals surface area contributed by atoms with E-state index >= 15 is 0 Å². The first-order valence-electron chi connectivity index (χ1n) is 7.23. The molecule has 0 unspecified atom stereocenters. The summed E-state index contributed by atoms with van der Waals surface area (Å²) < 4.78 is 9.79. The van der Waals surface area contributed by atoms with Gasteiger partial charge >= 0.3 is 5.97 Å². The predicted molar refractivity (Wildman–Crippen MR) is 85.3 cm³/mol. The summed E-state index contributed by atoms with van der Waals surface area (Å²) in [4.78, 5) is 27.5. The van der Waals surface area contributed by atoms with Crippen molar-refractivity contribution in [1.82, 2.24) is 5.32 Å². The van der Waals surface area contributed by atoms with E-state index in [1.165, 1.54) is 6.21 Å². The molecule has 1 aromatic carbocycles.